The Morgan fingerprint density at radius 1 is 0.886 bits per heavy atom. The Bertz CT molecular complexity index is 1250. The molecule has 2 saturated heterocycles. The maximum atomic E-state index is 13.7. The van der Waals surface area contributed by atoms with E-state index in [1.165, 1.54) is 14.1 Å². The number of rotatable bonds is 4. The third kappa shape index (κ3) is 3.88. The van der Waals surface area contributed by atoms with Gasteiger partial charge in [-0.05, 0) is 42.5 Å². The molecule has 2 fully saturated rings. The molecule has 10 heteroatoms. The molecule has 35 heavy (non-hydrogen) atoms. The van der Waals surface area contributed by atoms with E-state index in [4.69, 9.17) is 23.2 Å². The molecule has 0 spiro atoms. The normalized spacial score (nSPS) is 24.1. The fourth-order valence-corrected chi connectivity index (χ4v) is 6.52. The highest BCUT2D eigenvalue weighted by Gasteiger charge is 2.57. The van der Waals surface area contributed by atoms with Crippen LogP contribution in [-0.4, -0.2) is 70.8 Å². The van der Waals surface area contributed by atoms with Gasteiger partial charge in [0.2, 0.25) is 11.8 Å². The molecule has 4 heterocycles. The first-order chi connectivity index (χ1) is 16.6. The monoisotopic (exact) mass is 516 g/mol. The maximum absolute atomic E-state index is 13.7. The summed E-state index contributed by atoms with van der Waals surface area (Å²) in [5, 5.41) is 0.729. The fourth-order valence-electron chi connectivity index (χ4n) is 5.98. The van der Waals surface area contributed by atoms with E-state index in [1.807, 2.05) is 10.6 Å². The molecule has 3 aliphatic rings. The molecule has 3 aliphatic heterocycles. The van der Waals surface area contributed by atoms with Gasteiger partial charge in [0.1, 0.15) is 5.41 Å². The molecule has 0 aliphatic carbocycles. The summed E-state index contributed by atoms with van der Waals surface area (Å²) in [5.41, 5.74) is -0.0846. The molecule has 2 bridgehead atoms. The SMILES string of the molecule is CN1C(=O)N(C)C(=O)C(Cc2c(Cl)cccc2Cl)(CN2CC3C[C@@H](C2)Cn2c3cccc2=O)C1=O. The van der Waals surface area contributed by atoms with E-state index in [1.54, 1.807) is 30.3 Å². The summed E-state index contributed by atoms with van der Waals surface area (Å²) < 4.78 is 1.84. The molecular formula is C25H26Cl2N4O4. The Hall–Kier alpha value is -2.68. The average Bonchev–Trinajstić information content (AvgIpc) is 2.83. The van der Waals surface area contributed by atoms with Gasteiger partial charge in [-0.25, -0.2) is 4.79 Å². The van der Waals surface area contributed by atoms with Crippen LogP contribution in [0.4, 0.5) is 4.79 Å². The number of urea groups is 1. The molecule has 1 aromatic heterocycles. The summed E-state index contributed by atoms with van der Waals surface area (Å²) in [6.45, 7) is 1.96. The van der Waals surface area contributed by atoms with Crippen molar-refractivity contribution < 1.29 is 14.4 Å². The van der Waals surface area contributed by atoms with Gasteiger partial charge in [-0.2, -0.15) is 0 Å². The lowest BCUT2D eigenvalue weighted by Crippen LogP contribution is -2.67. The summed E-state index contributed by atoms with van der Waals surface area (Å²) >= 11 is 12.9. The molecule has 2 atom stereocenters. The molecule has 0 N–H and O–H groups in total. The van der Waals surface area contributed by atoms with Crippen LogP contribution in [0.2, 0.25) is 10.0 Å². The van der Waals surface area contributed by atoms with Gasteiger partial charge in [0.25, 0.3) is 5.56 Å². The second kappa shape index (κ2) is 8.76. The van der Waals surface area contributed by atoms with E-state index in [0.717, 1.165) is 21.9 Å². The van der Waals surface area contributed by atoms with Crippen molar-refractivity contribution in [3.8, 4) is 0 Å². The molecule has 184 valence electrons. The van der Waals surface area contributed by atoms with Crippen molar-refractivity contribution in [2.45, 2.75) is 25.3 Å². The van der Waals surface area contributed by atoms with E-state index < -0.39 is 23.3 Å². The van der Waals surface area contributed by atoms with Gasteiger partial charge >= 0.3 is 6.03 Å². The molecule has 1 aromatic carbocycles. The molecule has 1 unspecified atom stereocenters. The van der Waals surface area contributed by atoms with E-state index in [-0.39, 0.29) is 30.4 Å². The summed E-state index contributed by atoms with van der Waals surface area (Å²) in [6.07, 6.45) is 0.927. The molecular weight excluding hydrogens is 491 g/mol. The van der Waals surface area contributed by atoms with Crippen LogP contribution in [0, 0.1) is 11.3 Å². The van der Waals surface area contributed by atoms with Crippen LogP contribution in [0.3, 0.4) is 0 Å². The van der Waals surface area contributed by atoms with Crippen LogP contribution < -0.4 is 5.56 Å². The number of likely N-dealkylation sites (tertiary alicyclic amines) is 1. The first-order valence-electron chi connectivity index (χ1n) is 11.6. The van der Waals surface area contributed by atoms with Crippen molar-refractivity contribution in [2.24, 2.45) is 11.3 Å². The number of hydrogen-bond donors (Lipinski definition) is 0. The number of pyridine rings is 1. The number of benzene rings is 1. The standard InChI is InChI=1S/C25H26Cl2N4O4/c1-28-22(33)25(23(34)29(2)24(28)35,10-17-18(26)5-3-6-19(17)27)14-30-11-15-9-16(13-30)20-7-4-8-21(32)31(20)12-15/h3-8,15-16H,9-14H2,1-2H3/t15-,16?/m0/s1. The van der Waals surface area contributed by atoms with Gasteiger partial charge in [-0.3, -0.25) is 24.2 Å². The lowest BCUT2D eigenvalue weighted by Gasteiger charge is -2.48. The molecule has 2 aromatic rings. The Balaban J connectivity index is 1.54. The highest BCUT2D eigenvalue weighted by atomic mass is 35.5. The predicted octanol–water partition coefficient (Wildman–Crippen LogP) is 2.85. The highest BCUT2D eigenvalue weighted by Crippen LogP contribution is 2.41. The van der Waals surface area contributed by atoms with Crippen LogP contribution in [0.25, 0.3) is 0 Å². The number of carbonyl (C=O) groups excluding carboxylic acids is 3. The molecule has 0 saturated carbocycles. The van der Waals surface area contributed by atoms with Crippen LogP contribution in [-0.2, 0) is 22.6 Å². The topological polar surface area (TPSA) is 82.9 Å². The smallest absolute Gasteiger partial charge is 0.312 e. The molecule has 0 radical (unpaired) electrons. The minimum Gasteiger partial charge on any atom is -0.312 e. The Morgan fingerprint density at radius 3 is 2.17 bits per heavy atom. The maximum Gasteiger partial charge on any atom is 0.332 e. The first-order valence-corrected chi connectivity index (χ1v) is 12.3. The van der Waals surface area contributed by atoms with Crippen molar-refractivity contribution in [3.05, 3.63) is 68.1 Å². The van der Waals surface area contributed by atoms with E-state index in [9.17, 15) is 19.2 Å². The van der Waals surface area contributed by atoms with Crippen LogP contribution in [0.5, 0.6) is 0 Å². The number of fused-ring (bicyclic) bond motifs is 4. The fraction of sp³-hybridized carbons (Fsp3) is 0.440. The van der Waals surface area contributed by atoms with Crippen LogP contribution in [0.15, 0.2) is 41.2 Å². The number of aromatic nitrogens is 1. The third-order valence-electron chi connectivity index (χ3n) is 7.59. The van der Waals surface area contributed by atoms with Crippen molar-refractivity contribution >= 4 is 41.0 Å². The van der Waals surface area contributed by atoms with Gasteiger partial charge in [0, 0.05) is 68.0 Å². The zero-order valence-electron chi connectivity index (χ0n) is 19.5. The van der Waals surface area contributed by atoms with Crippen LogP contribution in [0.1, 0.15) is 23.6 Å². The predicted molar refractivity (Wildman–Crippen MR) is 132 cm³/mol. The average molecular weight is 517 g/mol. The minimum atomic E-state index is -1.56. The number of nitrogens with zero attached hydrogens (tertiary/aromatic N) is 4. The second-order valence-electron chi connectivity index (χ2n) is 9.86. The number of halogens is 2. The van der Waals surface area contributed by atoms with E-state index >= 15 is 0 Å². The minimum absolute atomic E-state index is 0.00474. The van der Waals surface area contributed by atoms with Crippen molar-refractivity contribution in [2.75, 3.05) is 33.7 Å². The van der Waals surface area contributed by atoms with Crippen molar-refractivity contribution in [1.29, 1.82) is 0 Å². The summed E-state index contributed by atoms with van der Waals surface area (Å²) in [7, 11) is 2.79. The highest BCUT2D eigenvalue weighted by molar-refractivity contribution is 6.36. The molecule has 8 nitrogen and oxygen atoms in total. The zero-order valence-corrected chi connectivity index (χ0v) is 21.1. The first kappa shape index (κ1) is 24.0. The summed E-state index contributed by atoms with van der Waals surface area (Å²) in [4.78, 5) is 56.5. The van der Waals surface area contributed by atoms with Gasteiger partial charge in [0.15, 0.2) is 0 Å². The molecule has 4 amide bonds. The zero-order chi connectivity index (χ0) is 25.1. The van der Waals surface area contributed by atoms with Crippen LogP contribution >= 0.6 is 23.2 Å². The number of piperidine rings is 1. The number of imide groups is 2. The number of barbiturate groups is 1. The van der Waals surface area contributed by atoms with Gasteiger partial charge in [0.05, 0.1) is 0 Å². The second-order valence-corrected chi connectivity index (χ2v) is 10.7. The number of hydrogen-bond acceptors (Lipinski definition) is 5. The summed E-state index contributed by atoms with van der Waals surface area (Å²) in [5.74, 6) is -0.792. The summed E-state index contributed by atoms with van der Waals surface area (Å²) in [6, 6.07) is 9.72. The van der Waals surface area contributed by atoms with Crippen molar-refractivity contribution in [3.63, 3.8) is 0 Å². The van der Waals surface area contributed by atoms with E-state index in [2.05, 4.69) is 4.90 Å². The number of carbonyl (C=O) groups is 3. The quantitative estimate of drug-likeness (QED) is 0.583. The lowest BCUT2D eigenvalue weighted by molar-refractivity contribution is -0.159. The largest absolute Gasteiger partial charge is 0.332 e. The Morgan fingerprint density at radius 2 is 1.51 bits per heavy atom. The molecule has 5 rings (SSSR count). The Kier molecular flexibility index (Phi) is 6.02. The third-order valence-corrected chi connectivity index (χ3v) is 8.30. The number of amides is 4. The van der Waals surface area contributed by atoms with E-state index in [0.29, 0.717) is 35.2 Å². The van der Waals surface area contributed by atoms with Gasteiger partial charge in [-0.1, -0.05) is 35.3 Å². The Labute approximate surface area is 213 Å². The van der Waals surface area contributed by atoms with Gasteiger partial charge < -0.3 is 9.47 Å². The van der Waals surface area contributed by atoms with Gasteiger partial charge in [-0.15, -0.1) is 0 Å². The van der Waals surface area contributed by atoms with Crippen molar-refractivity contribution in [1.82, 2.24) is 19.3 Å². The lowest BCUT2D eigenvalue weighted by atomic mass is 9.75.